The monoisotopic (exact) mass is 529 g/mol. The van der Waals surface area contributed by atoms with Gasteiger partial charge in [-0.15, -0.1) is 0 Å². The van der Waals surface area contributed by atoms with Crippen molar-refractivity contribution in [1.29, 1.82) is 0 Å². The van der Waals surface area contributed by atoms with Crippen LogP contribution in [0.2, 0.25) is 0 Å². The van der Waals surface area contributed by atoms with Gasteiger partial charge in [-0.2, -0.15) is 9.30 Å². The molecule has 1 aromatic heterocycles. The predicted molar refractivity (Wildman–Crippen MR) is 139 cm³/mol. The molecule has 1 aliphatic rings. The Hall–Kier alpha value is -2.82. The lowest BCUT2D eigenvalue weighted by molar-refractivity contribution is -0.141. The van der Waals surface area contributed by atoms with Gasteiger partial charge in [0.2, 0.25) is 10.0 Å². The first kappa shape index (κ1) is 26.2. The van der Waals surface area contributed by atoms with Crippen molar-refractivity contribution in [3.63, 3.8) is 0 Å². The van der Waals surface area contributed by atoms with Crippen molar-refractivity contribution in [3.8, 4) is 0 Å². The molecule has 0 unspecified atom stereocenters. The number of thiazole rings is 1. The van der Waals surface area contributed by atoms with Gasteiger partial charge in [-0.1, -0.05) is 30.6 Å². The second kappa shape index (κ2) is 10.7. The van der Waals surface area contributed by atoms with Gasteiger partial charge in [-0.25, -0.2) is 8.42 Å². The topological polar surface area (TPSA) is 98.0 Å². The number of ether oxygens (including phenoxy) is 1. The van der Waals surface area contributed by atoms with Crippen molar-refractivity contribution in [1.82, 2.24) is 8.87 Å². The quantitative estimate of drug-likeness (QED) is 0.446. The van der Waals surface area contributed by atoms with E-state index in [2.05, 4.69) is 4.99 Å². The first-order chi connectivity index (χ1) is 17.1. The van der Waals surface area contributed by atoms with Gasteiger partial charge in [0, 0.05) is 18.7 Å². The molecular weight excluding hydrogens is 498 g/mol. The van der Waals surface area contributed by atoms with Gasteiger partial charge in [0.25, 0.3) is 5.91 Å². The molecule has 36 heavy (non-hydrogen) atoms. The Morgan fingerprint density at radius 3 is 2.36 bits per heavy atom. The summed E-state index contributed by atoms with van der Waals surface area (Å²) in [6.07, 6.45) is 4.94. The van der Waals surface area contributed by atoms with Crippen LogP contribution < -0.4 is 4.80 Å². The molecule has 0 spiro atoms. The number of carbonyl (C=O) groups is 2. The van der Waals surface area contributed by atoms with Crippen LogP contribution in [0.1, 0.15) is 53.6 Å². The molecule has 3 aromatic rings. The fourth-order valence-corrected chi connectivity index (χ4v) is 7.00. The number of esters is 1. The van der Waals surface area contributed by atoms with Crippen LogP contribution in [0.5, 0.6) is 0 Å². The van der Waals surface area contributed by atoms with E-state index in [1.807, 2.05) is 26.0 Å². The number of nitrogens with zero attached hydrogens (tertiary/aromatic N) is 3. The van der Waals surface area contributed by atoms with E-state index in [0.717, 1.165) is 53.4 Å². The first-order valence-electron chi connectivity index (χ1n) is 12.0. The number of benzene rings is 2. The van der Waals surface area contributed by atoms with E-state index in [9.17, 15) is 18.0 Å². The normalized spacial score (nSPS) is 15.5. The lowest BCUT2D eigenvalue weighted by atomic mass is 9.96. The summed E-state index contributed by atoms with van der Waals surface area (Å²) in [6.45, 7) is 3.91. The molecule has 0 radical (unpaired) electrons. The highest BCUT2D eigenvalue weighted by molar-refractivity contribution is 7.89. The van der Waals surface area contributed by atoms with Crippen LogP contribution in [-0.4, -0.2) is 49.4 Å². The van der Waals surface area contributed by atoms with E-state index in [1.54, 1.807) is 11.6 Å². The lowest BCUT2D eigenvalue weighted by Crippen LogP contribution is -2.38. The van der Waals surface area contributed by atoms with Crippen LogP contribution in [0.15, 0.2) is 46.3 Å². The number of rotatable bonds is 6. The smallest absolute Gasteiger partial charge is 0.325 e. The van der Waals surface area contributed by atoms with Gasteiger partial charge in [0.1, 0.15) is 6.54 Å². The van der Waals surface area contributed by atoms with Crippen molar-refractivity contribution in [2.75, 3.05) is 14.2 Å². The molecule has 0 N–H and O–H groups in total. The summed E-state index contributed by atoms with van der Waals surface area (Å²) < 4.78 is 35.1. The Kier molecular flexibility index (Phi) is 7.77. The SMILES string of the molecule is COC(=O)Cn1c(=NC(=O)c2ccc(S(=O)(=O)N(C)C3CCCCC3)cc2)sc2cc(C)c(C)cc21. The maximum atomic E-state index is 13.1. The van der Waals surface area contributed by atoms with E-state index in [0.29, 0.717) is 4.80 Å². The van der Waals surface area contributed by atoms with Crippen LogP contribution in [0.4, 0.5) is 0 Å². The number of carbonyl (C=O) groups excluding carboxylic acids is 2. The van der Waals surface area contributed by atoms with E-state index >= 15 is 0 Å². The fourth-order valence-electron chi connectivity index (χ4n) is 4.48. The zero-order valence-corrected chi connectivity index (χ0v) is 22.6. The van der Waals surface area contributed by atoms with Gasteiger partial charge >= 0.3 is 5.97 Å². The molecule has 0 aliphatic heterocycles. The summed E-state index contributed by atoms with van der Waals surface area (Å²) in [5.41, 5.74) is 3.23. The Labute approximate surface area is 215 Å². The summed E-state index contributed by atoms with van der Waals surface area (Å²) in [5, 5.41) is 0. The molecule has 0 atom stereocenters. The maximum absolute atomic E-state index is 13.1. The highest BCUT2D eigenvalue weighted by Gasteiger charge is 2.29. The highest BCUT2D eigenvalue weighted by Crippen LogP contribution is 2.27. The van der Waals surface area contributed by atoms with Crippen LogP contribution in [0.3, 0.4) is 0 Å². The predicted octanol–water partition coefficient (Wildman–Crippen LogP) is 4.19. The number of aromatic nitrogens is 1. The van der Waals surface area contributed by atoms with Gasteiger partial charge < -0.3 is 9.30 Å². The Bertz CT molecular complexity index is 1460. The zero-order chi connectivity index (χ0) is 26.0. The van der Waals surface area contributed by atoms with E-state index in [1.165, 1.54) is 47.0 Å². The Morgan fingerprint density at radius 2 is 1.72 bits per heavy atom. The third kappa shape index (κ3) is 5.30. The van der Waals surface area contributed by atoms with Gasteiger partial charge in [-0.05, 0) is 74.2 Å². The minimum absolute atomic E-state index is 0.00514. The van der Waals surface area contributed by atoms with Crippen molar-refractivity contribution in [3.05, 3.63) is 57.9 Å². The molecule has 1 saturated carbocycles. The van der Waals surface area contributed by atoms with Crippen molar-refractivity contribution < 1.29 is 22.7 Å². The van der Waals surface area contributed by atoms with Gasteiger partial charge in [0.05, 0.1) is 22.2 Å². The number of hydrogen-bond donors (Lipinski definition) is 0. The van der Waals surface area contributed by atoms with Crippen LogP contribution in [0, 0.1) is 13.8 Å². The molecule has 1 fully saturated rings. The summed E-state index contributed by atoms with van der Waals surface area (Å²) in [6, 6.07) is 9.87. The molecule has 2 aromatic carbocycles. The molecule has 0 saturated heterocycles. The van der Waals surface area contributed by atoms with Crippen molar-refractivity contribution in [2.45, 2.75) is 63.4 Å². The van der Waals surface area contributed by atoms with Crippen LogP contribution >= 0.6 is 11.3 Å². The van der Waals surface area contributed by atoms with E-state index in [-0.39, 0.29) is 23.0 Å². The zero-order valence-electron chi connectivity index (χ0n) is 21.0. The molecule has 8 nitrogen and oxygen atoms in total. The minimum Gasteiger partial charge on any atom is -0.468 e. The molecule has 4 rings (SSSR count). The third-order valence-electron chi connectivity index (χ3n) is 6.88. The molecule has 1 aliphatic carbocycles. The minimum atomic E-state index is -3.65. The standard InChI is InChI=1S/C26H31N3O5S2/c1-17-14-22-23(15-18(17)2)35-26(29(22)16-24(30)34-4)27-25(31)19-10-12-21(13-11-19)36(32,33)28(3)20-8-6-5-7-9-20/h10-15,20H,5-9,16H2,1-4H3. The molecule has 1 heterocycles. The van der Waals surface area contributed by atoms with E-state index < -0.39 is 21.9 Å². The first-order valence-corrected chi connectivity index (χ1v) is 14.2. The molecule has 1 amide bonds. The highest BCUT2D eigenvalue weighted by atomic mass is 32.2. The van der Waals surface area contributed by atoms with Crippen LogP contribution in [0.25, 0.3) is 10.2 Å². The number of fused-ring (bicyclic) bond motifs is 1. The lowest BCUT2D eigenvalue weighted by Gasteiger charge is -2.30. The number of sulfonamides is 1. The summed E-state index contributed by atoms with van der Waals surface area (Å²) in [5.74, 6) is -0.961. The van der Waals surface area contributed by atoms with Crippen molar-refractivity contribution >= 4 is 43.5 Å². The molecule has 10 heteroatoms. The van der Waals surface area contributed by atoms with Crippen molar-refractivity contribution in [2.24, 2.45) is 4.99 Å². The van der Waals surface area contributed by atoms with E-state index in [4.69, 9.17) is 4.74 Å². The Balaban J connectivity index is 1.66. The number of methoxy groups -OCH3 is 1. The maximum Gasteiger partial charge on any atom is 0.325 e. The molecule has 0 bridgehead atoms. The number of hydrogen-bond acceptors (Lipinski definition) is 6. The second-order valence-electron chi connectivity index (χ2n) is 9.21. The molecular formula is C26H31N3O5S2. The second-order valence-corrected chi connectivity index (χ2v) is 12.2. The average Bonchev–Trinajstić information content (AvgIpc) is 3.19. The Morgan fingerprint density at radius 1 is 1.08 bits per heavy atom. The third-order valence-corrected chi connectivity index (χ3v) is 9.84. The number of amides is 1. The van der Waals surface area contributed by atoms with Gasteiger partial charge in [-0.3, -0.25) is 9.59 Å². The molecule has 192 valence electrons. The summed E-state index contributed by atoms with van der Waals surface area (Å²) in [7, 11) is -0.705. The van der Waals surface area contributed by atoms with Gasteiger partial charge in [0.15, 0.2) is 4.80 Å². The average molecular weight is 530 g/mol. The summed E-state index contributed by atoms with van der Waals surface area (Å²) >= 11 is 1.31. The summed E-state index contributed by atoms with van der Waals surface area (Å²) in [4.78, 5) is 29.9. The largest absolute Gasteiger partial charge is 0.468 e. The fraction of sp³-hybridized carbons (Fsp3) is 0.423. The number of aryl methyl sites for hydroxylation is 2. The van der Waals surface area contributed by atoms with Crippen LogP contribution in [-0.2, 0) is 26.1 Å².